The average Bonchev–Trinajstić information content (AvgIpc) is 2.70. The van der Waals surface area contributed by atoms with E-state index in [1.165, 1.54) is 12.0 Å². The lowest BCUT2D eigenvalue weighted by atomic mass is 9.84. The number of hydrogen-bond acceptors (Lipinski definition) is 0. The van der Waals surface area contributed by atoms with Gasteiger partial charge in [0.05, 0.1) is 0 Å². The van der Waals surface area contributed by atoms with Crippen LogP contribution in [0.2, 0.25) is 0 Å². The normalized spacial score (nSPS) is 32.4. The van der Waals surface area contributed by atoms with E-state index in [9.17, 15) is 0 Å². The van der Waals surface area contributed by atoms with Crippen LogP contribution in [0.15, 0.2) is 18.2 Å². The number of rotatable bonds is 0. The van der Waals surface area contributed by atoms with Crippen LogP contribution in [0.4, 0.5) is 0 Å². The van der Waals surface area contributed by atoms with Gasteiger partial charge in [0.2, 0.25) is 0 Å². The molecule has 0 N–H and O–H groups in total. The van der Waals surface area contributed by atoms with Crippen LogP contribution in [0.25, 0.3) is 0 Å². The van der Waals surface area contributed by atoms with Crippen molar-refractivity contribution in [1.82, 2.24) is 0 Å². The Bertz CT molecular complexity index is 409. The van der Waals surface area contributed by atoms with Crippen LogP contribution in [-0.2, 0) is 6.42 Å². The van der Waals surface area contributed by atoms with Gasteiger partial charge in [-0.15, -0.1) is 0 Å². The van der Waals surface area contributed by atoms with Crippen molar-refractivity contribution in [2.45, 2.75) is 40.0 Å². The van der Waals surface area contributed by atoms with Crippen LogP contribution in [0.5, 0.6) is 0 Å². The Kier molecular flexibility index (Phi) is 1.68. The second-order valence-electron chi connectivity index (χ2n) is 6.49. The molecule has 0 heteroatoms. The van der Waals surface area contributed by atoms with Crippen LogP contribution >= 0.6 is 0 Å². The molecule has 0 nitrogen and oxygen atoms in total. The first kappa shape index (κ1) is 9.45. The van der Waals surface area contributed by atoms with Gasteiger partial charge < -0.3 is 0 Å². The van der Waals surface area contributed by atoms with E-state index in [0.717, 1.165) is 17.8 Å². The monoisotopic (exact) mass is 200 g/mol. The summed E-state index contributed by atoms with van der Waals surface area (Å²) in [4.78, 5) is 0. The van der Waals surface area contributed by atoms with Gasteiger partial charge >= 0.3 is 0 Å². The van der Waals surface area contributed by atoms with Crippen molar-refractivity contribution in [1.29, 1.82) is 0 Å². The van der Waals surface area contributed by atoms with Crippen molar-refractivity contribution in [3.8, 4) is 0 Å². The molecule has 1 saturated carbocycles. The third kappa shape index (κ3) is 1.27. The molecule has 1 aromatic carbocycles. The molecule has 0 bridgehead atoms. The summed E-state index contributed by atoms with van der Waals surface area (Å²) >= 11 is 0. The van der Waals surface area contributed by atoms with E-state index >= 15 is 0 Å². The molecule has 0 spiro atoms. The van der Waals surface area contributed by atoms with E-state index in [1.807, 2.05) is 0 Å². The Morgan fingerprint density at radius 2 is 1.93 bits per heavy atom. The largest absolute Gasteiger partial charge is 0.0599 e. The summed E-state index contributed by atoms with van der Waals surface area (Å²) in [6, 6.07) is 7.04. The Hall–Kier alpha value is -0.780. The predicted octanol–water partition coefficient (Wildman–Crippen LogP) is 3.93. The van der Waals surface area contributed by atoms with Gasteiger partial charge in [0, 0.05) is 0 Å². The third-order valence-electron chi connectivity index (χ3n) is 4.28. The minimum atomic E-state index is 0.498. The Morgan fingerprint density at radius 1 is 1.20 bits per heavy atom. The zero-order valence-corrected chi connectivity index (χ0v) is 10.2. The Labute approximate surface area is 92.7 Å². The Morgan fingerprint density at radius 3 is 2.60 bits per heavy atom. The van der Waals surface area contributed by atoms with E-state index in [4.69, 9.17) is 0 Å². The van der Waals surface area contributed by atoms with Crippen LogP contribution < -0.4 is 0 Å². The molecule has 2 aliphatic carbocycles. The summed E-state index contributed by atoms with van der Waals surface area (Å²) in [6.45, 7) is 9.38. The maximum Gasteiger partial charge on any atom is -0.00883 e. The topological polar surface area (TPSA) is 0 Å². The van der Waals surface area contributed by atoms with Crippen LogP contribution in [0.3, 0.4) is 0 Å². The fourth-order valence-electron chi connectivity index (χ4n) is 3.72. The van der Waals surface area contributed by atoms with Crippen molar-refractivity contribution in [3.05, 3.63) is 34.9 Å². The van der Waals surface area contributed by atoms with E-state index in [1.54, 1.807) is 11.1 Å². The minimum absolute atomic E-state index is 0.498. The highest BCUT2D eigenvalue weighted by molar-refractivity contribution is 5.45. The lowest BCUT2D eigenvalue weighted by Gasteiger charge is -2.21. The molecule has 0 heterocycles. The van der Waals surface area contributed by atoms with E-state index in [0.29, 0.717) is 5.41 Å². The molecule has 0 saturated heterocycles. The van der Waals surface area contributed by atoms with Crippen molar-refractivity contribution in [2.75, 3.05) is 0 Å². The molecule has 0 aliphatic heterocycles. The molecule has 3 atom stereocenters. The molecule has 15 heavy (non-hydrogen) atoms. The summed E-state index contributed by atoms with van der Waals surface area (Å²) in [5, 5.41) is 0. The van der Waals surface area contributed by atoms with E-state index in [-0.39, 0.29) is 0 Å². The second kappa shape index (κ2) is 2.66. The summed E-state index contributed by atoms with van der Waals surface area (Å²) < 4.78 is 0. The summed E-state index contributed by atoms with van der Waals surface area (Å²) in [6.07, 6.45) is 1.34. The molecule has 0 radical (unpaired) electrons. The molecular formula is C15H20. The molecule has 0 amide bonds. The zero-order valence-electron chi connectivity index (χ0n) is 10.2. The number of hydrogen-bond donors (Lipinski definition) is 0. The first-order valence-corrected chi connectivity index (χ1v) is 6.08. The van der Waals surface area contributed by atoms with Gasteiger partial charge in [0.15, 0.2) is 0 Å². The predicted molar refractivity (Wildman–Crippen MR) is 64.1 cm³/mol. The lowest BCUT2D eigenvalue weighted by molar-refractivity contribution is 0.321. The van der Waals surface area contributed by atoms with Gasteiger partial charge in [-0.2, -0.15) is 0 Å². The van der Waals surface area contributed by atoms with Crippen molar-refractivity contribution in [2.24, 2.45) is 17.3 Å². The molecule has 3 rings (SSSR count). The van der Waals surface area contributed by atoms with Gasteiger partial charge in [-0.25, -0.2) is 0 Å². The standard InChI is InChI=1S/C15H20/c1-9-5-6-11-10(7-9)8-12-13(11)14(12)15(2,3)4/h5-7,12-14H,8H2,1-4H3. The highest BCUT2D eigenvalue weighted by Crippen LogP contribution is 2.67. The quantitative estimate of drug-likeness (QED) is 0.595. The molecule has 0 aromatic heterocycles. The van der Waals surface area contributed by atoms with E-state index < -0.39 is 0 Å². The SMILES string of the molecule is Cc1ccc2c(c1)CC1C2C1C(C)(C)C. The minimum Gasteiger partial charge on any atom is -0.0599 e. The fraction of sp³-hybridized carbons (Fsp3) is 0.600. The first-order valence-electron chi connectivity index (χ1n) is 6.08. The first-order chi connectivity index (χ1) is 6.98. The second-order valence-corrected chi connectivity index (χ2v) is 6.49. The molecule has 3 unspecified atom stereocenters. The maximum absolute atomic E-state index is 2.39. The maximum atomic E-state index is 2.39. The van der Waals surface area contributed by atoms with Crippen LogP contribution in [0.1, 0.15) is 43.4 Å². The smallest absolute Gasteiger partial charge is 0.00883 e. The molecule has 1 aromatic rings. The van der Waals surface area contributed by atoms with Gasteiger partial charge in [0.1, 0.15) is 0 Å². The van der Waals surface area contributed by atoms with Crippen LogP contribution in [0, 0.1) is 24.2 Å². The van der Waals surface area contributed by atoms with Crippen molar-refractivity contribution < 1.29 is 0 Å². The third-order valence-corrected chi connectivity index (χ3v) is 4.28. The van der Waals surface area contributed by atoms with Gasteiger partial charge in [-0.3, -0.25) is 0 Å². The number of fused-ring (bicyclic) bond motifs is 3. The molecular weight excluding hydrogens is 180 g/mol. The van der Waals surface area contributed by atoms with Gasteiger partial charge in [-0.05, 0) is 47.6 Å². The molecule has 2 aliphatic rings. The summed E-state index contributed by atoms with van der Waals surface area (Å²) in [7, 11) is 0. The summed E-state index contributed by atoms with van der Waals surface area (Å²) in [5.41, 5.74) is 5.20. The highest BCUT2D eigenvalue weighted by Gasteiger charge is 2.59. The fourth-order valence-corrected chi connectivity index (χ4v) is 3.72. The van der Waals surface area contributed by atoms with Crippen molar-refractivity contribution in [3.63, 3.8) is 0 Å². The highest BCUT2D eigenvalue weighted by atomic mass is 14.6. The number of aryl methyl sites for hydroxylation is 1. The van der Waals surface area contributed by atoms with Gasteiger partial charge in [-0.1, -0.05) is 44.5 Å². The van der Waals surface area contributed by atoms with E-state index in [2.05, 4.69) is 45.9 Å². The average molecular weight is 200 g/mol. The Balaban J connectivity index is 1.94. The van der Waals surface area contributed by atoms with Crippen LogP contribution in [-0.4, -0.2) is 0 Å². The zero-order chi connectivity index (χ0) is 10.8. The molecule has 80 valence electrons. The van der Waals surface area contributed by atoms with Gasteiger partial charge in [0.25, 0.3) is 0 Å². The number of benzene rings is 1. The lowest BCUT2D eigenvalue weighted by Crippen LogP contribution is -2.12. The van der Waals surface area contributed by atoms with Crippen molar-refractivity contribution >= 4 is 0 Å². The molecule has 1 fully saturated rings. The summed E-state index contributed by atoms with van der Waals surface area (Å²) in [5.74, 6) is 2.79.